The molecule has 1 aliphatic heterocycles. The first-order chi connectivity index (χ1) is 8.84. The summed E-state index contributed by atoms with van der Waals surface area (Å²) in [7, 11) is -3.26. The van der Waals surface area contributed by atoms with E-state index < -0.39 is 16.1 Å². The Hall–Kier alpha value is -0.310. The maximum absolute atomic E-state index is 12.0. The van der Waals surface area contributed by atoms with Crippen molar-refractivity contribution in [3.05, 3.63) is 0 Å². The second-order valence-electron chi connectivity index (χ2n) is 4.89. The standard InChI is InChI=1S/C11H23N3O3S2/c1-9(2)10(12)11(15)13-3-8-19(16,17)14-4-6-18-7-5-14/h9-10H,3-8,12H2,1-2H3,(H,13,15)/t10-/m0/s1. The monoisotopic (exact) mass is 309 g/mol. The molecule has 1 atom stereocenters. The first kappa shape index (κ1) is 16.7. The second-order valence-corrected chi connectivity index (χ2v) is 8.20. The van der Waals surface area contributed by atoms with Gasteiger partial charge in [-0.15, -0.1) is 0 Å². The third-order valence-electron chi connectivity index (χ3n) is 3.04. The van der Waals surface area contributed by atoms with Crippen LogP contribution in [0.2, 0.25) is 0 Å². The third-order valence-corrected chi connectivity index (χ3v) is 5.86. The highest BCUT2D eigenvalue weighted by Crippen LogP contribution is 2.13. The lowest BCUT2D eigenvalue weighted by atomic mass is 10.1. The van der Waals surface area contributed by atoms with Gasteiger partial charge >= 0.3 is 0 Å². The van der Waals surface area contributed by atoms with Crippen LogP contribution in [0, 0.1) is 5.92 Å². The number of carbonyl (C=O) groups excluding carboxylic acids is 1. The molecule has 0 aromatic heterocycles. The van der Waals surface area contributed by atoms with Crippen LogP contribution < -0.4 is 11.1 Å². The molecule has 3 N–H and O–H groups in total. The summed E-state index contributed by atoms with van der Waals surface area (Å²) in [6.45, 7) is 4.95. The normalized spacial score (nSPS) is 19.4. The van der Waals surface area contributed by atoms with Crippen LogP contribution in [-0.2, 0) is 14.8 Å². The molecule has 1 heterocycles. The summed E-state index contributed by atoms with van der Waals surface area (Å²) in [5, 5.41) is 2.58. The van der Waals surface area contributed by atoms with Gasteiger partial charge in [0.15, 0.2) is 0 Å². The first-order valence-electron chi connectivity index (χ1n) is 6.43. The smallest absolute Gasteiger partial charge is 0.237 e. The van der Waals surface area contributed by atoms with Gasteiger partial charge < -0.3 is 11.1 Å². The summed E-state index contributed by atoms with van der Waals surface area (Å²) in [5.74, 6) is 1.36. The van der Waals surface area contributed by atoms with E-state index in [1.807, 2.05) is 13.8 Å². The Kier molecular flexibility index (Phi) is 6.58. The van der Waals surface area contributed by atoms with Crippen molar-refractivity contribution in [2.24, 2.45) is 11.7 Å². The van der Waals surface area contributed by atoms with E-state index in [9.17, 15) is 13.2 Å². The zero-order valence-electron chi connectivity index (χ0n) is 11.5. The Morgan fingerprint density at radius 2 is 1.95 bits per heavy atom. The van der Waals surface area contributed by atoms with Gasteiger partial charge in [-0.3, -0.25) is 4.79 Å². The van der Waals surface area contributed by atoms with E-state index in [-0.39, 0.29) is 24.1 Å². The van der Waals surface area contributed by atoms with E-state index in [1.165, 1.54) is 4.31 Å². The van der Waals surface area contributed by atoms with Crippen LogP contribution in [0.4, 0.5) is 0 Å². The number of hydrogen-bond donors (Lipinski definition) is 2. The van der Waals surface area contributed by atoms with Crippen molar-refractivity contribution in [1.29, 1.82) is 0 Å². The van der Waals surface area contributed by atoms with Gasteiger partial charge in [0.25, 0.3) is 0 Å². The van der Waals surface area contributed by atoms with Crippen LogP contribution in [0.5, 0.6) is 0 Å². The van der Waals surface area contributed by atoms with Crippen LogP contribution in [0.15, 0.2) is 0 Å². The highest BCUT2D eigenvalue weighted by molar-refractivity contribution is 7.99. The van der Waals surface area contributed by atoms with E-state index in [0.717, 1.165) is 11.5 Å². The molecule has 8 heteroatoms. The molecular formula is C11H23N3O3S2. The predicted molar refractivity (Wildman–Crippen MR) is 78.5 cm³/mol. The van der Waals surface area contributed by atoms with Crippen LogP contribution in [0.25, 0.3) is 0 Å². The fourth-order valence-electron chi connectivity index (χ4n) is 1.68. The molecular weight excluding hydrogens is 286 g/mol. The highest BCUT2D eigenvalue weighted by atomic mass is 32.2. The molecule has 0 radical (unpaired) electrons. The van der Waals surface area contributed by atoms with Gasteiger partial charge in [-0.1, -0.05) is 13.8 Å². The SMILES string of the molecule is CC(C)[C@H](N)C(=O)NCCS(=O)(=O)N1CCSCC1. The number of rotatable bonds is 6. The van der Waals surface area contributed by atoms with Gasteiger partial charge in [0.1, 0.15) is 0 Å². The Bertz CT molecular complexity index is 392. The number of amides is 1. The molecule has 0 saturated carbocycles. The molecule has 0 spiro atoms. The maximum atomic E-state index is 12.0. The molecule has 0 aliphatic carbocycles. The lowest BCUT2D eigenvalue weighted by Gasteiger charge is -2.25. The summed E-state index contributed by atoms with van der Waals surface area (Å²) >= 11 is 1.76. The largest absolute Gasteiger partial charge is 0.354 e. The molecule has 6 nitrogen and oxygen atoms in total. The predicted octanol–water partition coefficient (Wildman–Crippen LogP) is -0.535. The molecule has 1 rings (SSSR count). The summed E-state index contributed by atoms with van der Waals surface area (Å²) in [5.41, 5.74) is 5.68. The number of hydrogen-bond acceptors (Lipinski definition) is 5. The van der Waals surface area contributed by atoms with Crippen molar-refractivity contribution in [3.63, 3.8) is 0 Å². The Morgan fingerprint density at radius 3 is 2.47 bits per heavy atom. The van der Waals surface area contributed by atoms with Crippen molar-refractivity contribution in [1.82, 2.24) is 9.62 Å². The fraction of sp³-hybridized carbons (Fsp3) is 0.909. The molecule has 1 fully saturated rings. The van der Waals surface area contributed by atoms with Crippen LogP contribution in [0.1, 0.15) is 13.8 Å². The zero-order valence-corrected chi connectivity index (χ0v) is 13.1. The van der Waals surface area contributed by atoms with E-state index in [1.54, 1.807) is 11.8 Å². The third kappa shape index (κ3) is 5.29. The minimum Gasteiger partial charge on any atom is -0.354 e. The van der Waals surface area contributed by atoms with Crippen molar-refractivity contribution < 1.29 is 13.2 Å². The molecule has 112 valence electrons. The molecule has 0 unspecified atom stereocenters. The van der Waals surface area contributed by atoms with Gasteiger partial charge in [-0.2, -0.15) is 11.8 Å². The fourth-order valence-corrected chi connectivity index (χ4v) is 4.17. The Morgan fingerprint density at radius 1 is 1.37 bits per heavy atom. The number of nitrogens with zero attached hydrogens (tertiary/aromatic N) is 1. The van der Waals surface area contributed by atoms with Crippen LogP contribution in [0.3, 0.4) is 0 Å². The van der Waals surface area contributed by atoms with Gasteiger partial charge in [0, 0.05) is 31.1 Å². The molecule has 1 amide bonds. The van der Waals surface area contributed by atoms with Gasteiger partial charge in [0.2, 0.25) is 15.9 Å². The van der Waals surface area contributed by atoms with Crippen molar-refractivity contribution in [2.75, 3.05) is 36.9 Å². The molecule has 1 aliphatic rings. The summed E-state index contributed by atoms with van der Waals surface area (Å²) in [6.07, 6.45) is 0. The lowest BCUT2D eigenvalue weighted by molar-refractivity contribution is -0.123. The number of sulfonamides is 1. The molecule has 0 bridgehead atoms. The van der Waals surface area contributed by atoms with E-state index in [0.29, 0.717) is 13.1 Å². The van der Waals surface area contributed by atoms with E-state index >= 15 is 0 Å². The summed E-state index contributed by atoms with van der Waals surface area (Å²) < 4.78 is 25.5. The molecule has 19 heavy (non-hydrogen) atoms. The summed E-state index contributed by atoms with van der Waals surface area (Å²) in [6, 6.07) is -0.589. The van der Waals surface area contributed by atoms with Crippen LogP contribution >= 0.6 is 11.8 Å². The van der Waals surface area contributed by atoms with E-state index in [2.05, 4.69) is 5.32 Å². The number of nitrogens with two attached hydrogens (primary N) is 1. The van der Waals surface area contributed by atoms with Crippen LogP contribution in [-0.4, -0.2) is 61.6 Å². The minimum absolute atomic E-state index is 0.0377. The van der Waals surface area contributed by atoms with Gasteiger partial charge in [-0.05, 0) is 5.92 Å². The van der Waals surface area contributed by atoms with Crippen molar-refractivity contribution >= 4 is 27.7 Å². The van der Waals surface area contributed by atoms with Crippen molar-refractivity contribution in [3.8, 4) is 0 Å². The van der Waals surface area contributed by atoms with Crippen molar-refractivity contribution in [2.45, 2.75) is 19.9 Å². The molecule has 0 aromatic rings. The first-order valence-corrected chi connectivity index (χ1v) is 9.20. The average molecular weight is 309 g/mol. The van der Waals surface area contributed by atoms with Gasteiger partial charge in [-0.25, -0.2) is 12.7 Å². The average Bonchev–Trinajstić information content (AvgIpc) is 2.38. The molecule has 0 aromatic carbocycles. The summed E-state index contributed by atoms with van der Waals surface area (Å²) in [4.78, 5) is 11.6. The van der Waals surface area contributed by atoms with Gasteiger partial charge in [0.05, 0.1) is 11.8 Å². The number of nitrogens with one attached hydrogen (secondary N) is 1. The van der Waals surface area contributed by atoms with E-state index in [4.69, 9.17) is 5.73 Å². The number of carbonyl (C=O) groups is 1. The topological polar surface area (TPSA) is 92.5 Å². The maximum Gasteiger partial charge on any atom is 0.237 e. The Balaban J connectivity index is 2.37. The molecule has 1 saturated heterocycles. The second kappa shape index (κ2) is 7.47. The highest BCUT2D eigenvalue weighted by Gasteiger charge is 2.24. The quantitative estimate of drug-likeness (QED) is 0.688. The number of thioether (sulfide) groups is 1. The minimum atomic E-state index is -3.26. The zero-order chi connectivity index (χ0) is 14.5. The lowest BCUT2D eigenvalue weighted by Crippen LogP contribution is -2.46. The Labute approximate surface area is 119 Å².